The van der Waals surface area contributed by atoms with Crippen molar-refractivity contribution in [3.05, 3.63) is 28.9 Å². The molecule has 3 nitrogen and oxygen atoms in total. The number of fused-ring (bicyclic) bond motifs is 1. The molecule has 0 radical (unpaired) electrons. The zero-order valence-electron chi connectivity index (χ0n) is 8.53. The number of nitrogens with two attached hydrogens (primary N) is 1. The number of hydrogen-bond donors (Lipinski definition) is 1. The van der Waals surface area contributed by atoms with E-state index in [4.69, 9.17) is 10.5 Å². The average molecular weight is 269 g/mol. The molecule has 0 saturated carbocycles. The minimum Gasteiger partial charge on any atom is -0.497 e. The Hall–Kier alpha value is -1.00. The molecule has 0 aliphatic carbocycles. The van der Waals surface area contributed by atoms with Crippen LogP contribution in [0.1, 0.15) is 0 Å². The van der Waals surface area contributed by atoms with Crippen LogP contribution in [0.15, 0.2) is 28.9 Å². The molecule has 0 atom stereocenters. The first-order chi connectivity index (χ1) is 7.26. The Morgan fingerprint density at radius 3 is 2.87 bits per heavy atom. The number of nitrogens with zero attached hydrogens (tertiary/aromatic N) is 1. The van der Waals surface area contributed by atoms with Crippen molar-refractivity contribution >= 4 is 26.8 Å². The number of aromatic nitrogens is 1. The van der Waals surface area contributed by atoms with Gasteiger partial charge in [0.2, 0.25) is 0 Å². The van der Waals surface area contributed by atoms with Crippen LogP contribution in [0, 0.1) is 0 Å². The van der Waals surface area contributed by atoms with E-state index in [1.165, 1.54) is 5.52 Å². The van der Waals surface area contributed by atoms with Gasteiger partial charge in [-0.3, -0.25) is 0 Å². The van der Waals surface area contributed by atoms with E-state index in [-0.39, 0.29) is 0 Å². The van der Waals surface area contributed by atoms with Crippen molar-refractivity contribution in [2.24, 2.45) is 5.73 Å². The fourth-order valence-corrected chi connectivity index (χ4v) is 2.31. The number of rotatable bonds is 3. The molecule has 2 N–H and O–H groups in total. The summed E-state index contributed by atoms with van der Waals surface area (Å²) in [5, 5.41) is 1.16. The molecule has 1 aromatic carbocycles. The van der Waals surface area contributed by atoms with Crippen LogP contribution in [-0.2, 0) is 6.54 Å². The Bertz CT molecular complexity index is 479. The normalized spacial score (nSPS) is 10.9. The maximum atomic E-state index is 5.57. The first-order valence-corrected chi connectivity index (χ1v) is 5.58. The van der Waals surface area contributed by atoms with E-state index < -0.39 is 0 Å². The molecule has 0 unspecified atom stereocenters. The van der Waals surface area contributed by atoms with E-state index in [2.05, 4.69) is 32.6 Å². The zero-order chi connectivity index (χ0) is 10.8. The largest absolute Gasteiger partial charge is 0.497 e. The molecule has 2 aromatic rings. The summed E-state index contributed by atoms with van der Waals surface area (Å²) in [6, 6.07) is 8.11. The van der Waals surface area contributed by atoms with E-state index in [0.717, 1.165) is 22.3 Å². The summed E-state index contributed by atoms with van der Waals surface area (Å²) in [7, 11) is 1.67. The van der Waals surface area contributed by atoms with Gasteiger partial charge >= 0.3 is 0 Å². The number of hydrogen-bond acceptors (Lipinski definition) is 2. The van der Waals surface area contributed by atoms with Gasteiger partial charge < -0.3 is 15.0 Å². The van der Waals surface area contributed by atoms with Crippen LogP contribution in [0.4, 0.5) is 0 Å². The highest BCUT2D eigenvalue weighted by molar-refractivity contribution is 9.10. The minimum absolute atomic E-state index is 0.633. The molecular weight excluding hydrogens is 256 g/mol. The molecule has 0 aliphatic heterocycles. The first kappa shape index (κ1) is 10.5. The molecular formula is C11H13BrN2O. The second-order valence-corrected chi connectivity index (χ2v) is 4.14. The average Bonchev–Trinajstić information content (AvgIpc) is 2.55. The smallest absolute Gasteiger partial charge is 0.119 e. The van der Waals surface area contributed by atoms with Gasteiger partial charge in [-0.25, -0.2) is 0 Å². The summed E-state index contributed by atoms with van der Waals surface area (Å²) in [6.45, 7) is 1.45. The van der Waals surface area contributed by atoms with E-state index in [0.29, 0.717) is 6.54 Å². The lowest BCUT2D eigenvalue weighted by Gasteiger charge is -2.05. The van der Waals surface area contributed by atoms with Crippen molar-refractivity contribution in [3.63, 3.8) is 0 Å². The topological polar surface area (TPSA) is 40.2 Å². The SMILES string of the molecule is COc1ccc2c(c1)cc(Br)n2CCN. The van der Waals surface area contributed by atoms with E-state index >= 15 is 0 Å². The third-order valence-electron chi connectivity index (χ3n) is 2.41. The van der Waals surface area contributed by atoms with Gasteiger partial charge in [0.25, 0.3) is 0 Å². The molecule has 0 spiro atoms. The fourth-order valence-electron chi connectivity index (χ4n) is 1.70. The van der Waals surface area contributed by atoms with E-state index in [1.54, 1.807) is 7.11 Å². The summed E-state index contributed by atoms with van der Waals surface area (Å²) in [6.07, 6.45) is 0. The van der Waals surface area contributed by atoms with Crippen LogP contribution >= 0.6 is 15.9 Å². The predicted octanol–water partition coefficient (Wildman–Crippen LogP) is 2.37. The minimum atomic E-state index is 0.633. The summed E-state index contributed by atoms with van der Waals surface area (Å²) in [5.41, 5.74) is 6.74. The monoisotopic (exact) mass is 268 g/mol. The Morgan fingerprint density at radius 2 is 2.20 bits per heavy atom. The predicted molar refractivity (Wildman–Crippen MR) is 65.2 cm³/mol. The van der Waals surface area contributed by atoms with Gasteiger partial charge in [-0.2, -0.15) is 0 Å². The van der Waals surface area contributed by atoms with Crippen molar-refractivity contribution in [3.8, 4) is 5.75 Å². The van der Waals surface area contributed by atoms with E-state index in [1.807, 2.05) is 12.1 Å². The van der Waals surface area contributed by atoms with Crippen LogP contribution in [0.5, 0.6) is 5.75 Å². The lowest BCUT2D eigenvalue weighted by atomic mass is 10.2. The van der Waals surface area contributed by atoms with Gasteiger partial charge in [-0.1, -0.05) is 0 Å². The quantitative estimate of drug-likeness (QED) is 0.929. The molecule has 0 aliphatic rings. The van der Waals surface area contributed by atoms with Gasteiger partial charge in [-0.05, 0) is 40.2 Å². The summed E-state index contributed by atoms with van der Waals surface area (Å²) >= 11 is 3.52. The molecule has 0 saturated heterocycles. The highest BCUT2D eigenvalue weighted by Crippen LogP contribution is 2.27. The second kappa shape index (κ2) is 4.24. The molecule has 0 bridgehead atoms. The lowest BCUT2D eigenvalue weighted by molar-refractivity contribution is 0.415. The van der Waals surface area contributed by atoms with E-state index in [9.17, 15) is 0 Å². The highest BCUT2D eigenvalue weighted by Gasteiger charge is 2.06. The molecule has 0 amide bonds. The van der Waals surface area contributed by atoms with Crippen molar-refractivity contribution in [2.75, 3.05) is 13.7 Å². The number of halogens is 1. The molecule has 2 rings (SSSR count). The number of ether oxygens (including phenoxy) is 1. The Morgan fingerprint density at radius 1 is 1.40 bits per heavy atom. The second-order valence-electron chi connectivity index (χ2n) is 3.33. The maximum absolute atomic E-state index is 5.57. The maximum Gasteiger partial charge on any atom is 0.119 e. The summed E-state index contributed by atoms with van der Waals surface area (Å²) < 4.78 is 8.38. The zero-order valence-corrected chi connectivity index (χ0v) is 10.1. The Kier molecular flexibility index (Phi) is 2.98. The first-order valence-electron chi connectivity index (χ1n) is 4.79. The highest BCUT2D eigenvalue weighted by atomic mass is 79.9. The lowest BCUT2D eigenvalue weighted by Crippen LogP contribution is -2.09. The van der Waals surface area contributed by atoms with Crippen molar-refractivity contribution in [1.82, 2.24) is 4.57 Å². The van der Waals surface area contributed by atoms with Gasteiger partial charge in [0.15, 0.2) is 0 Å². The van der Waals surface area contributed by atoms with Gasteiger partial charge in [0.1, 0.15) is 5.75 Å². The third-order valence-corrected chi connectivity index (χ3v) is 3.07. The van der Waals surface area contributed by atoms with Crippen molar-refractivity contribution in [1.29, 1.82) is 0 Å². The molecule has 0 fully saturated rings. The molecule has 1 aromatic heterocycles. The number of benzene rings is 1. The van der Waals surface area contributed by atoms with Crippen LogP contribution in [0.3, 0.4) is 0 Å². The Labute approximate surface area is 96.9 Å². The fraction of sp³-hybridized carbons (Fsp3) is 0.273. The van der Waals surface area contributed by atoms with Crippen LogP contribution in [0.25, 0.3) is 10.9 Å². The van der Waals surface area contributed by atoms with Gasteiger partial charge in [0, 0.05) is 24.0 Å². The molecule has 15 heavy (non-hydrogen) atoms. The van der Waals surface area contributed by atoms with Crippen molar-refractivity contribution in [2.45, 2.75) is 6.54 Å². The summed E-state index contributed by atoms with van der Waals surface area (Å²) in [4.78, 5) is 0. The third kappa shape index (κ3) is 1.87. The van der Waals surface area contributed by atoms with Crippen LogP contribution in [0.2, 0.25) is 0 Å². The molecule has 4 heteroatoms. The molecule has 80 valence electrons. The molecule has 1 heterocycles. The van der Waals surface area contributed by atoms with Gasteiger partial charge in [0.05, 0.1) is 11.7 Å². The van der Waals surface area contributed by atoms with Crippen LogP contribution in [-0.4, -0.2) is 18.2 Å². The van der Waals surface area contributed by atoms with Crippen molar-refractivity contribution < 1.29 is 4.74 Å². The Balaban J connectivity index is 2.58. The van der Waals surface area contributed by atoms with Gasteiger partial charge in [-0.15, -0.1) is 0 Å². The number of methoxy groups -OCH3 is 1. The van der Waals surface area contributed by atoms with Crippen LogP contribution < -0.4 is 10.5 Å². The standard InChI is InChI=1S/C11H13BrN2O/c1-15-9-2-3-10-8(6-9)7-11(12)14(10)5-4-13/h2-3,6-7H,4-5,13H2,1H3. The summed E-state index contributed by atoms with van der Waals surface area (Å²) in [5.74, 6) is 0.875.